The van der Waals surface area contributed by atoms with Crippen LogP contribution in [-0.4, -0.2) is 22.3 Å². The van der Waals surface area contributed by atoms with Gasteiger partial charge in [-0.25, -0.2) is 0 Å². The monoisotopic (exact) mass is 361 g/mol. The summed E-state index contributed by atoms with van der Waals surface area (Å²) in [6, 6.07) is 12.6. The Kier molecular flexibility index (Phi) is 4.98. The second kappa shape index (κ2) is 7.33. The molecule has 0 aliphatic rings. The SMILES string of the molecule is COc1ccc(Nc2cnnc(Nc3ccccc3Cl)n2)cc1Cl. The number of nitrogens with zero attached hydrogens (tertiary/aromatic N) is 3. The van der Waals surface area contributed by atoms with Crippen LogP contribution in [0, 0.1) is 0 Å². The molecule has 0 amide bonds. The molecule has 1 aromatic heterocycles. The number of ether oxygens (including phenoxy) is 1. The highest BCUT2D eigenvalue weighted by Crippen LogP contribution is 2.28. The Morgan fingerprint density at radius 3 is 2.58 bits per heavy atom. The van der Waals surface area contributed by atoms with E-state index in [0.717, 1.165) is 5.69 Å². The number of hydrogen-bond acceptors (Lipinski definition) is 6. The lowest BCUT2D eigenvalue weighted by molar-refractivity contribution is 0.415. The molecule has 1 heterocycles. The zero-order valence-electron chi connectivity index (χ0n) is 12.6. The highest BCUT2D eigenvalue weighted by atomic mass is 35.5. The Morgan fingerprint density at radius 1 is 1.00 bits per heavy atom. The number of halogens is 2. The van der Waals surface area contributed by atoms with Crippen LogP contribution in [0.1, 0.15) is 0 Å². The molecule has 0 unspecified atom stereocenters. The number of nitrogens with one attached hydrogen (secondary N) is 2. The highest BCUT2D eigenvalue weighted by molar-refractivity contribution is 6.33. The topological polar surface area (TPSA) is 72.0 Å². The van der Waals surface area contributed by atoms with Crippen LogP contribution in [0.2, 0.25) is 10.0 Å². The van der Waals surface area contributed by atoms with Crippen LogP contribution in [0.4, 0.5) is 23.1 Å². The molecule has 0 atom stereocenters. The van der Waals surface area contributed by atoms with E-state index in [2.05, 4.69) is 25.8 Å². The average molecular weight is 362 g/mol. The zero-order valence-corrected chi connectivity index (χ0v) is 14.1. The lowest BCUT2D eigenvalue weighted by Gasteiger charge is -2.10. The smallest absolute Gasteiger partial charge is 0.249 e. The van der Waals surface area contributed by atoms with Gasteiger partial charge in [0, 0.05) is 5.69 Å². The maximum atomic E-state index is 6.11. The van der Waals surface area contributed by atoms with Gasteiger partial charge >= 0.3 is 0 Å². The van der Waals surface area contributed by atoms with Crippen LogP contribution < -0.4 is 15.4 Å². The summed E-state index contributed by atoms with van der Waals surface area (Å²) in [7, 11) is 1.56. The minimum absolute atomic E-state index is 0.327. The first-order valence-corrected chi connectivity index (χ1v) is 7.73. The van der Waals surface area contributed by atoms with E-state index < -0.39 is 0 Å². The first-order chi connectivity index (χ1) is 11.7. The molecule has 3 rings (SSSR count). The van der Waals surface area contributed by atoms with Crippen LogP contribution in [0.15, 0.2) is 48.7 Å². The number of hydrogen-bond donors (Lipinski definition) is 2. The van der Waals surface area contributed by atoms with Crippen LogP contribution >= 0.6 is 23.2 Å². The van der Waals surface area contributed by atoms with Gasteiger partial charge in [0.2, 0.25) is 5.95 Å². The molecule has 8 heteroatoms. The third-order valence-corrected chi connectivity index (χ3v) is 3.73. The van der Waals surface area contributed by atoms with Gasteiger partial charge in [-0.2, -0.15) is 10.1 Å². The summed E-state index contributed by atoms with van der Waals surface area (Å²) >= 11 is 12.2. The molecule has 0 spiro atoms. The molecule has 24 heavy (non-hydrogen) atoms. The predicted octanol–water partition coefficient (Wildman–Crippen LogP) is 4.67. The second-order valence-corrected chi connectivity index (χ2v) is 5.56. The summed E-state index contributed by atoms with van der Waals surface area (Å²) in [6.45, 7) is 0. The lowest BCUT2D eigenvalue weighted by atomic mass is 10.3. The molecule has 122 valence electrons. The maximum absolute atomic E-state index is 6.11. The van der Waals surface area contributed by atoms with Crippen molar-refractivity contribution in [1.82, 2.24) is 15.2 Å². The van der Waals surface area contributed by atoms with E-state index in [9.17, 15) is 0 Å². The number of aromatic nitrogens is 3. The third-order valence-electron chi connectivity index (χ3n) is 3.10. The van der Waals surface area contributed by atoms with Gasteiger partial charge in [-0.1, -0.05) is 35.3 Å². The molecule has 2 N–H and O–H groups in total. The Labute approximate surface area is 148 Å². The van der Waals surface area contributed by atoms with Crippen LogP contribution in [-0.2, 0) is 0 Å². The summed E-state index contributed by atoms with van der Waals surface area (Å²) in [4.78, 5) is 4.35. The number of methoxy groups -OCH3 is 1. The Balaban J connectivity index is 1.78. The lowest BCUT2D eigenvalue weighted by Crippen LogP contribution is -2.02. The summed E-state index contributed by atoms with van der Waals surface area (Å²) in [6.07, 6.45) is 1.51. The van der Waals surface area contributed by atoms with Crippen molar-refractivity contribution in [2.24, 2.45) is 0 Å². The van der Waals surface area contributed by atoms with Crippen molar-refractivity contribution in [1.29, 1.82) is 0 Å². The summed E-state index contributed by atoms with van der Waals surface area (Å²) < 4.78 is 5.13. The van der Waals surface area contributed by atoms with E-state index in [1.165, 1.54) is 6.20 Å². The van der Waals surface area contributed by atoms with E-state index in [-0.39, 0.29) is 0 Å². The van der Waals surface area contributed by atoms with Crippen LogP contribution in [0.3, 0.4) is 0 Å². The van der Waals surface area contributed by atoms with Gasteiger partial charge in [0.25, 0.3) is 0 Å². The largest absolute Gasteiger partial charge is 0.495 e. The van der Waals surface area contributed by atoms with E-state index in [4.69, 9.17) is 27.9 Å². The first kappa shape index (κ1) is 16.3. The Hall–Kier alpha value is -2.57. The van der Waals surface area contributed by atoms with Crippen molar-refractivity contribution in [3.63, 3.8) is 0 Å². The van der Waals surface area contributed by atoms with Gasteiger partial charge in [0.05, 0.1) is 29.0 Å². The summed E-state index contributed by atoms with van der Waals surface area (Å²) in [5.41, 5.74) is 1.45. The second-order valence-electron chi connectivity index (χ2n) is 4.74. The minimum atomic E-state index is 0.327. The molecule has 0 aliphatic heterocycles. The fraction of sp³-hybridized carbons (Fsp3) is 0.0625. The molecule has 0 radical (unpaired) electrons. The molecule has 6 nitrogen and oxygen atoms in total. The standard InChI is InChI=1S/C16H13Cl2N5O/c1-24-14-7-6-10(8-12(14)18)20-15-9-19-23-16(22-15)21-13-5-3-2-4-11(13)17/h2-9H,1H3,(H2,20,21,22,23). The van der Waals surface area contributed by atoms with Crippen molar-refractivity contribution in [3.05, 3.63) is 58.7 Å². The fourth-order valence-corrected chi connectivity index (χ4v) is 2.43. The molecule has 0 aliphatic carbocycles. The van der Waals surface area contributed by atoms with E-state index in [1.807, 2.05) is 24.3 Å². The molecule has 0 fully saturated rings. The van der Waals surface area contributed by atoms with Crippen LogP contribution in [0.25, 0.3) is 0 Å². The molecule has 3 aromatic rings. The molecule has 0 saturated heterocycles. The Bertz CT molecular complexity index is 859. The minimum Gasteiger partial charge on any atom is -0.495 e. The van der Waals surface area contributed by atoms with E-state index in [1.54, 1.807) is 25.3 Å². The van der Waals surface area contributed by atoms with Gasteiger partial charge in [-0.15, -0.1) is 5.10 Å². The summed E-state index contributed by atoms with van der Waals surface area (Å²) in [5.74, 6) is 1.44. The van der Waals surface area contributed by atoms with Gasteiger partial charge in [-0.3, -0.25) is 0 Å². The molecular weight excluding hydrogens is 349 g/mol. The number of rotatable bonds is 5. The van der Waals surface area contributed by atoms with Crippen LogP contribution in [0.5, 0.6) is 5.75 Å². The normalized spacial score (nSPS) is 10.3. The van der Waals surface area contributed by atoms with E-state index in [0.29, 0.717) is 33.2 Å². The third kappa shape index (κ3) is 3.84. The number of anilines is 4. The van der Waals surface area contributed by atoms with Gasteiger partial charge in [-0.05, 0) is 30.3 Å². The maximum Gasteiger partial charge on any atom is 0.249 e. The summed E-state index contributed by atoms with van der Waals surface area (Å²) in [5, 5.41) is 15.1. The zero-order chi connectivity index (χ0) is 16.9. The van der Waals surface area contributed by atoms with Crippen molar-refractivity contribution >= 4 is 46.3 Å². The predicted molar refractivity (Wildman–Crippen MR) is 95.8 cm³/mol. The Morgan fingerprint density at radius 2 is 1.83 bits per heavy atom. The van der Waals surface area contributed by atoms with Crippen molar-refractivity contribution in [2.45, 2.75) is 0 Å². The van der Waals surface area contributed by atoms with Gasteiger partial charge in [0.1, 0.15) is 5.75 Å². The van der Waals surface area contributed by atoms with Crippen molar-refractivity contribution < 1.29 is 4.74 Å². The number of benzene rings is 2. The first-order valence-electron chi connectivity index (χ1n) is 6.97. The highest BCUT2D eigenvalue weighted by Gasteiger charge is 2.06. The molecular formula is C16H13Cl2N5O. The van der Waals surface area contributed by atoms with Gasteiger partial charge < -0.3 is 15.4 Å². The van der Waals surface area contributed by atoms with Crippen molar-refractivity contribution in [3.8, 4) is 5.75 Å². The molecule has 0 bridgehead atoms. The average Bonchev–Trinajstić information content (AvgIpc) is 2.58. The number of para-hydroxylation sites is 1. The van der Waals surface area contributed by atoms with Crippen molar-refractivity contribution in [2.75, 3.05) is 17.7 Å². The quantitative estimate of drug-likeness (QED) is 0.687. The van der Waals surface area contributed by atoms with E-state index >= 15 is 0 Å². The fourth-order valence-electron chi connectivity index (χ4n) is 1.99. The molecule has 2 aromatic carbocycles. The molecule has 0 saturated carbocycles. The van der Waals surface area contributed by atoms with Gasteiger partial charge in [0.15, 0.2) is 5.82 Å².